The molecule has 0 saturated heterocycles. The number of hydrogen-bond acceptors (Lipinski definition) is 2. The molecule has 3 heteroatoms. The van der Waals surface area contributed by atoms with E-state index < -0.39 is 0 Å². The standard InChI is InChI=1S/C16H17IN2/c1-10-4-2-6-12(14(10)17)15(18)13-8-7-11-5-3-9-19-16(11)13/h2-6,9,13,15H,7-8,18H2,1H3. The van der Waals surface area contributed by atoms with Gasteiger partial charge in [0.15, 0.2) is 0 Å². The molecule has 0 spiro atoms. The molecule has 3 rings (SSSR count). The first-order chi connectivity index (χ1) is 9.18. The molecule has 1 aliphatic carbocycles. The monoisotopic (exact) mass is 364 g/mol. The maximum absolute atomic E-state index is 6.54. The second-order valence-electron chi connectivity index (χ2n) is 5.20. The van der Waals surface area contributed by atoms with Crippen LogP contribution in [-0.2, 0) is 6.42 Å². The summed E-state index contributed by atoms with van der Waals surface area (Å²) in [5.74, 6) is 0.353. The molecule has 0 aliphatic heterocycles. The van der Waals surface area contributed by atoms with Gasteiger partial charge in [-0.05, 0) is 65.1 Å². The smallest absolute Gasteiger partial charge is 0.0485 e. The van der Waals surface area contributed by atoms with Crippen molar-refractivity contribution in [1.29, 1.82) is 0 Å². The Morgan fingerprint density at radius 1 is 1.32 bits per heavy atom. The van der Waals surface area contributed by atoms with E-state index >= 15 is 0 Å². The number of nitrogens with zero attached hydrogens (tertiary/aromatic N) is 1. The Kier molecular flexibility index (Phi) is 3.58. The average molecular weight is 364 g/mol. The molecule has 2 atom stereocenters. The van der Waals surface area contributed by atoms with Crippen molar-refractivity contribution in [2.75, 3.05) is 0 Å². The molecule has 0 radical (unpaired) electrons. The zero-order chi connectivity index (χ0) is 13.4. The Labute approximate surface area is 127 Å². The zero-order valence-corrected chi connectivity index (χ0v) is 13.1. The van der Waals surface area contributed by atoms with Crippen LogP contribution in [0, 0.1) is 10.5 Å². The lowest BCUT2D eigenvalue weighted by atomic mass is 9.91. The number of nitrogens with two attached hydrogens (primary N) is 1. The van der Waals surface area contributed by atoms with E-state index in [0.29, 0.717) is 5.92 Å². The first-order valence-corrected chi connectivity index (χ1v) is 7.70. The van der Waals surface area contributed by atoms with Crippen LogP contribution in [0.5, 0.6) is 0 Å². The molecule has 0 bridgehead atoms. The van der Waals surface area contributed by atoms with Gasteiger partial charge >= 0.3 is 0 Å². The normalized spacial score (nSPS) is 19.2. The minimum absolute atomic E-state index is 0.0444. The largest absolute Gasteiger partial charge is 0.323 e. The van der Waals surface area contributed by atoms with E-state index in [1.54, 1.807) is 0 Å². The molecular weight excluding hydrogens is 347 g/mol. The quantitative estimate of drug-likeness (QED) is 0.825. The summed E-state index contributed by atoms with van der Waals surface area (Å²) >= 11 is 2.41. The summed E-state index contributed by atoms with van der Waals surface area (Å²) in [4.78, 5) is 4.56. The van der Waals surface area contributed by atoms with E-state index in [1.165, 1.54) is 26.0 Å². The van der Waals surface area contributed by atoms with Gasteiger partial charge in [-0.25, -0.2) is 0 Å². The number of pyridine rings is 1. The highest BCUT2D eigenvalue weighted by molar-refractivity contribution is 14.1. The molecule has 1 aromatic carbocycles. The lowest BCUT2D eigenvalue weighted by molar-refractivity contribution is 0.539. The van der Waals surface area contributed by atoms with E-state index in [-0.39, 0.29) is 6.04 Å². The van der Waals surface area contributed by atoms with Crippen molar-refractivity contribution >= 4 is 22.6 Å². The third-order valence-corrected chi connectivity index (χ3v) is 5.49. The van der Waals surface area contributed by atoms with Gasteiger partial charge in [-0.3, -0.25) is 4.98 Å². The van der Waals surface area contributed by atoms with Crippen molar-refractivity contribution in [2.45, 2.75) is 31.7 Å². The minimum Gasteiger partial charge on any atom is -0.323 e. The van der Waals surface area contributed by atoms with Gasteiger partial charge in [-0.15, -0.1) is 0 Å². The minimum atomic E-state index is 0.0444. The number of fused-ring (bicyclic) bond motifs is 1. The van der Waals surface area contributed by atoms with Crippen LogP contribution in [0.2, 0.25) is 0 Å². The average Bonchev–Trinajstić information content (AvgIpc) is 2.85. The van der Waals surface area contributed by atoms with Crippen LogP contribution >= 0.6 is 22.6 Å². The number of halogens is 1. The molecule has 98 valence electrons. The molecule has 2 N–H and O–H groups in total. The Morgan fingerprint density at radius 2 is 2.16 bits per heavy atom. The second-order valence-corrected chi connectivity index (χ2v) is 6.28. The van der Waals surface area contributed by atoms with Crippen molar-refractivity contribution in [3.05, 3.63) is 62.5 Å². The fourth-order valence-electron chi connectivity index (χ4n) is 2.94. The molecule has 2 aromatic rings. The van der Waals surface area contributed by atoms with E-state index in [4.69, 9.17) is 5.73 Å². The summed E-state index contributed by atoms with van der Waals surface area (Å²) in [6.07, 6.45) is 4.09. The van der Waals surface area contributed by atoms with Crippen LogP contribution in [0.1, 0.15) is 40.8 Å². The Morgan fingerprint density at radius 3 is 3.00 bits per heavy atom. The lowest BCUT2D eigenvalue weighted by Crippen LogP contribution is -2.20. The topological polar surface area (TPSA) is 38.9 Å². The fraction of sp³-hybridized carbons (Fsp3) is 0.312. The number of aryl methyl sites for hydroxylation is 2. The van der Waals surface area contributed by atoms with Gasteiger partial charge in [0.25, 0.3) is 0 Å². The third-order valence-electron chi connectivity index (χ3n) is 4.02. The highest BCUT2D eigenvalue weighted by Crippen LogP contribution is 2.40. The van der Waals surface area contributed by atoms with Crippen LogP contribution < -0.4 is 5.73 Å². The number of benzene rings is 1. The Hall–Kier alpha value is -0.940. The number of hydrogen-bond donors (Lipinski definition) is 1. The summed E-state index contributed by atoms with van der Waals surface area (Å²) < 4.78 is 1.29. The maximum Gasteiger partial charge on any atom is 0.0485 e. The summed E-state index contributed by atoms with van der Waals surface area (Å²) in [5.41, 5.74) is 11.7. The lowest BCUT2D eigenvalue weighted by Gasteiger charge is -2.22. The number of rotatable bonds is 2. The molecule has 1 heterocycles. The van der Waals surface area contributed by atoms with Crippen LogP contribution in [0.25, 0.3) is 0 Å². The van der Waals surface area contributed by atoms with Crippen LogP contribution in [0.4, 0.5) is 0 Å². The predicted molar refractivity (Wildman–Crippen MR) is 86.1 cm³/mol. The van der Waals surface area contributed by atoms with E-state index in [1.807, 2.05) is 12.3 Å². The highest BCUT2D eigenvalue weighted by Gasteiger charge is 2.30. The molecule has 1 aromatic heterocycles. The second kappa shape index (κ2) is 5.21. The van der Waals surface area contributed by atoms with Gasteiger partial charge < -0.3 is 5.73 Å². The van der Waals surface area contributed by atoms with Crippen molar-refractivity contribution < 1.29 is 0 Å². The maximum atomic E-state index is 6.54. The third kappa shape index (κ3) is 2.30. The van der Waals surface area contributed by atoms with Crippen LogP contribution in [0.15, 0.2) is 36.5 Å². The highest BCUT2D eigenvalue weighted by atomic mass is 127. The van der Waals surface area contributed by atoms with Gasteiger partial charge in [-0.1, -0.05) is 24.3 Å². The molecule has 0 saturated carbocycles. The molecule has 0 fully saturated rings. The number of aromatic nitrogens is 1. The van der Waals surface area contributed by atoms with Crippen molar-refractivity contribution in [1.82, 2.24) is 4.98 Å². The summed E-state index contributed by atoms with van der Waals surface area (Å²) in [5, 5.41) is 0. The molecule has 2 unspecified atom stereocenters. The first-order valence-electron chi connectivity index (χ1n) is 6.63. The molecule has 19 heavy (non-hydrogen) atoms. The SMILES string of the molecule is Cc1cccc(C(N)C2CCc3cccnc32)c1I. The van der Waals surface area contributed by atoms with Crippen molar-refractivity contribution in [3.8, 4) is 0 Å². The molecule has 1 aliphatic rings. The van der Waals surface area contributed by atoms with E-state index in [2.05, 4.69) is 58.8 Å². The van der Waals surface area contributed by atoms with Gasteiger partial charge in [-0.2, -0.15) is 0 Å². The fourth-order valence-corrected chi connectivity index (χ4v) is 3.66. The van der Waals surface area contributed by atoms with Gasteiger partial charge in [0, 0.05) is 27.4 Å². The van der Waals surface area contributed by atoms with Crippen molar-refractivity contribution in [2.24, 2.45) is 5.73 Å². The Balaban J connectivity index is 1.98. The van der Waals surface area contributed by atoms with Gasteiger partial charge in [0.1, 0.15) is 0 Å². The van der Waals surface area contributed by atoms with Gasteiger partial charge in [0.05, 0.1) is 0 Å². The summed E-state index contributed by atoms with van der Waals surface area (Å²) in [6, 6.07) is 10.6. The zero-order valence-electron chi connectivity index (χ0n) is 10.9. The van der Waals surface area contributed by atoms with Crippen molar-refractivity contribution in [3.63, 3.8) is 0 Å². The van der Waals surface area contributed by atoms with Crippen LogP contribution in [-0.4, -0.2) is 4.98 Å². The first kappa shape index (κ1) is 13.1. The van der Waals surface area contributed by atoms with E-state index in [0.717, 1.165) is 12.8 Å². The molecule has 2 nitrogen and oxygen atoms in total. The van der Waals surface area contributed by atoms with E-state index in [9.17, 15) is 0 Å². The summed E-state index contributed by atoms with van der Waals surface area (Å²) in [6.45, 7) is 2.14. The molecule has 0 amide bonds. The van der Waals surface area contributed by atoms with Crippen LogP contribution in [0.3, 0.4) is 0 Å². The predicted octanol–water partition coefficient (Wildman–Crippen LogP) is 3.72. The molecular formula is C16H17IN2. The Bertz CT molecular complexity index is 609. The van der Waals surface area contributed by atoms with Gasteiger partial charge in [0.2, 0.25) is 0 Å². The summed E-state index contributed by atoms with van der Waals surface area (Å²) in [7, 11) is 0.